The summed E-state index contributed by atoms with van der Waals surface area (Å²) in [6, 6.07) is 2.86. The van der Waals surface area contributed by atoms with Gasteiger partial charge in [-0.25, -0.2) is 14.4 Å². The van der Waals surface area contributed by atoms with Crippen molar-refractivity contribution in [3.8, 4) is 0 Å². The Morgan fingerprint density at radius 1 is 1.21 bits per heavy atom. The number of aryl methyl sites for hydroxylation is 1. The van der Waals surface area contributed by atoms with Gasteiger partial charge in [0.15, 0.2) is 0 Å². The molecule has 0 unspecified atom stereocenters. The van der Waals surface area contributed by atoms with Gasteiger partial charge < -0.3 is 14.3 Å². The molecule has 1 aliphatic rings. The largest absolute Gasteiger partial charge is 0.465 e. The summed E-state index contributed by atoms with van der Waals surface area (Å²) < 4.78 is 9.09. The Balaban J connectivity index is 0.000000861. The first kappa shape index (κ1) is 14.6. The smallest absolute Gasteiger partial charge is 0.346 e. The number of hydrogen-bond donors (Lipinski definition) is 0. The van der Waals surface area contributed by atoms with Crippen LogP contribution < -0.4 is 0 Å². The molecule has 100 valence electrons. The van der Waals surface area contributed by atoms with Crippen molar-refractivity contribution in [2.75, 3.05) is 7.11 Å². The minimum absolute atomic E-state index is 0.118. The minimum Gasteiger partial charge on any atom is -0.465 e. The van der Waals surface area contributed by atoms with Gasteiger partial charge in [0.25, 0.3) is 0 Å². The van der Waals surface area contributed by atoms with E-state index in [4.69, 9.17) is 4.79 Å². The Hall–Kier alpha value is -2.50. The summed E-state index contributed by atoms with van der Waals surface area (Å²) in [4.78, 5) is 42.2. The van der Waals surface area contributed by atoms with Crippen LogP contribution in [0.1, 0.15) is 43.6 Å². The van der Waals surface area contributed by atoms with E-state index in [-0.39, 0.29) is 11.1 Å². The summed E-state index contributed by atoms with van der Waals surface area (Å²) in [7, 11) is 1.26. The Morgan fingerprint density at radius 2 is 1.74 bits per heavy atom. The maximum Gasteiger partial charge on any atom is 0.346 e. The minimum atomic E-state index is -0.724. The molecule has 6 heteroatoms. The van der Waals surface area contributed by atoms with Crippen LogP contribution in [0.25, 0.3) is 0 Å². The van der Waals surface area contributed by atoms with Gasteiger partial charge in [0.2, 0.25) is 0 Å². The highest BCUT2D eigenvalue weighted by Gasteiger charge is 2.31. The Bertz CT molecular complexity index is 546. The molecule has 1 aromatic rings. The maximum atomic E-state index is 11.5. The van der Waals surface area contributed by atoms with Crippen LogP contribution in [0.3, 0.4) is 0 Å². The van der Waals surface area contributed by atoms with E-state index >= 15 is 0 Å². The van der Waals surface area contributed by atoms with Crippen LogP contribution in [0, 0.1) is 0 Å². The standard InChI is InChI=1S/C12H10O5.CH2O/c1-3-6-4-8-9(12(15)17-11(8)14)5-7(6)10(13)16-2;1-2/h4-5H,3H2,1-2H3;1H2. The van der Waals surface area contributed by atoms with Crippen LogP contribution in [0.2, 0.25) is 0 Å². The zero-order chi connectivity index (χ0) is 14.6. The molecule has 0 spiro atoms. The summed E-state index contributed by atoms with van der Waals surface area (Å²) >= 11 is 0. The zero-order valence-corrected chi connectivity index (χ0v) is 10.5. The van der Waals surface area contributed by atoms with Gasteiger partial charge in [-0.2, -0.15) is 0 Å². The number of ether oxygens (including phenoxy) is 2. The number of carbonyl (C=O) groups is 4. The predicted octanol–water partition coefficient (Wildman–Crippen LogP) is 1.16. The molecule has 0 bridgehead atoms. The summed E-state index contributed by atoms with van der Waals surface area (Å²) in [5, 5.41) is 0. The summed E-state index contributed by atoms with van der Waals surface area (Å²) in [6.07, 6.45) is 0.555. The second kappa shape index (κ2) is 5.90. The monoisotopic (exact) mass is 264 g/mol. The van der Waals surface area contributed by atoms with E-state index in [0.717, 1.165) is 0 Å². The maximum absolute atomic E-state index is 11.5. The number of carbonyl (C=O) groups excluding carboxylic acids is 4. The SMILES string of the molecule is C=O.CCc1cc2c(cc1C(=O)OC)C(=O)OC2=O. The fraction of sp³-hybridized carbons (Fsp3) is 0.231. The lowest BCUT2D eigenvalue weighted by Gasteiger charge is -2.06. The number of rotatable bonds is 2. The van der Waals surface area contributed by atoms with Crippen LogP contribution in [0.15, 0.2) is 12.1 Å². The van der Waals surface area contributed by atoms with Crippen LogP contribution >= 0.6 is 0 Å². The number of hydrogen-bond acceptors (Lipinski definition) is 6. The molecule has 0 aromatic heterocycles. The van der Waals surface area contributed by atoms with Crippen molar-refractivity contribution in [2.45, 2.75) is 13.3 Å². The second-order valence-corrected chi connectivity index (χ2v) is 3.58. The van der Waals surface area contributed by atoms with Crippen LogP contribution in [0.5, 0.6) is 0 Å². The molecular formula is C13H12O6. The summed E-state index contributed by atoms with van der Waals surface area (Å²) in [6.45, 7) is 3.84. The molecule has 0 saturated carbocycles. The molecule has 1 heterocycles. The molecule has 0 amide bonds. The molecule has 0 aliphatic carbocycles. The van der Waals surface area contributed by atoms with Gasteiger partial charge in [-0.15, -0.1) is 0 Å². The van der Waals surface area contributed by atoms with Crippen molar-refractivity contribution in [3.05, 3.63) is 34.4 Å². The van der Waals surface area contributed by atoms with Crippen LogP contribution in [0.4, 0.5) is 0 Å². The van der Waals surface area contributed by atoms with E-state index < -0.39 is 17.9 Å². The average molecular weight is 264 g/mol. The summed E-state index contributed by atoms with van der Waals surface area (Å²) in [5.74, 6) is -1.93. The van der Waals surface area contributed by atoms with Crippen molar-refractivity contribution < 1.29 is 28.7 Å². The Labute approximate surface area is 109 Å². The fourth-order valence-electron chi connectivity index (χ4n) is 1.77. The van der Waals surface area contributed by atoms with E-state index in [2.05, 4.69) is 9.47 Å². The molecule has 0 atom stereocenters. The molecule has 1 aliphatic heterocycles. The first-order valence-electron chi connectivity index (χ1n) is 5.39. The van der Waals surface area contributed by atoms with Crippen LogP contribution in [-0.4, -0.2) is 31.8 Å². The molecule has 2 rings (SSSR count). The molecule has 1 aromatic carbocycles. The van der Waals surface area contributed by atoms with E-state index in [1.807, 2.05) is 13.7 Å². The van der Waals surface area contributed by atoms with Crippen molar-refractivity contribution >= 4 is 24.7 Å². The lowest BCUT2D eigenvalue weighted by atomic mass is 9.98. The third-order valence-corrected chi connectivity index (χ3v) is 2.65. The van der Waals surface area contributed by atoms with Gasteiger partial charge in [-0.1, -0.05) is 6.92 Å². The lowest BCUT2D eigenvalue weighted by molar-refractivity contribution is -0.0980. The van der Waals surface area contributed by atoms with E-state index in [0.29, 0.717) is 17.5 Å². The van der Waals surface area contributed by atoms with Gasteiger partial charge in [-0.3, -0.25) is 0 Å². The van der Waals surface area contributed by atoms with E-state index in [9.17, 15) is 14.4 Å². The van der Waals surface area contributed by atoms with Crippen molar-refractivity contribution in [1.82, 2.24) is 0 Å². The van der Waals surface area contributed by atoms with Crippen molar-refractivity contribution in [1.29, 1.82) is 0 Å². The first-order chi connectivity index (χ1) is 9.08. The number of esters is 3. The molecule has 0 radical (unpaired) electrons. The molecule has 0 N–H and O–H groups in total. The Kier molecular flexibility index (Phi) is 4.52. The number of fused-ring (bicyclic) bond motifs is 1. The first-order valence-corrected chi connectivity index (χ1v) is 5.39. The van der Waals surface area contributed by atoms with Gasteiger partial charge in [0.05, 0.1) is 23.8 Å². The highest BCUT2D eigenvalue weighted by atomic mass is 16.6. The van der Waals surface area contributed by atoms with Crippen LogP contribution in [-0.2, 0) is 20.7 Å². The average Bonchev–Trinajstić information content (AvgIpc) is 2.73. The number of cyclic esters (lactones) is 2. The van der Waals surface area contributed by atoms with Gasteiger partial charge >= 0.3 is 17.9 Å². The lowest BCUT2D eigenvalue weighted by Crippen LogP contribution is -2.08. The zero-order valence-electron chi connectivity index (χ0n) is 10.5. The quantitative estimate of drug-likeness (QED) is 0.588. The van der Waals surface area contributed by atoms with Gasteiger partial charge in [-0.05, 0) is 24.1 Å². The van der Waals surface area contributed by atoms with Crippen molar-refractivity contribution in [2.24, 2.45) is 0 Å². The number of methoxy groups -OCH3 is 1. The normalized spacial score (nSPS) is 12.1. The Morgan fingerprint density at radius 3 is 2.21 bits per heavy atom. The molecular weight excluding hydrogens is 252 g/mol. The topological polar surface area (TPSA) is 86.7 Å². The fourth-order valence-corrected chi connectivity index (χ4v) is 1.77. The third-order valence-electron chi connectivity index (χ3n) is 2.65. The molecule has 0 saturated heterocycles. The number of benzene rings is 1. The van der Waals surface area contributed by atoms with Crippen molar-refractivity contribution in [3.63, 3.8) is 0 Å². The molecule has 0 fully saturated rings. The van der Waals surface area contributed by atoms with Gasteiger partial charge in [0.1, 0.15) is 6.79 Å². The van der Waals surface area contributed by atoms with Gasteiger partial charge in [0, 0.05) is 0 Å². The highest BCUT2D eigenvalue weighted by molar-refractivity contribution is 6.15. The molecule has 6 nitrogen and oxygen atoms in total. The third kappa shape index (κ3) is 2.52. The predicted molar refractivity (Wildman–Crippen MR) is 64.0 cm³/mol. The van der Waals surface area contributed by atoms with E-state index in [1.165, 1.54) is 19.2 Å². The molecule has 19 heavy (non-hydrogen) atoms. The summed E-state index contributed by atoms with van der Waals surface area (Å²) in [5.41, 5.74) is 1.27. The highest BCUT2D eigenvalue weighted by Crippen LogP contribution is 2.25. The second-order valence-electron chi connectivity index (χ2n) is 3.58. The van der Waals surface area contributed by atoms with E-state index in [1.54, 1.807) is 0 Å².